The average Bonchev–Trinajstić information content (AvgIpc) is 2.59. The van der Waals surface area contributed by atoms with Crippen LogP contribution in [0.3, 0.4) is 0 Å². The van der Waals surface area contributed by atoms with E-state index in [-0.39, 0.29) is 0 Å². The third kappa shape index (κ3) is 3.09. The molecule has 1 aromatic rings. The Hall–Kier alpha value is -1.75. The van der Waals surface area contributed by atoms with Crippen molar-refractivity contribution in [3.63, 3.8) is 0 Å². The predicted octanol–water partition coefficient (Wildman–Crippen LogP) is 2.08. The number of ether oxygens (including phenoxy) is 2. The number of benzene rings is 1. The van der Waals surface area contributed by atoms with E-state index in [1.807, 2.05) is 0 Å². The van der Waals surface area contributed by atoms with Crippen LogP contribution in [-0.2, 0) is 6.42 Å². The van der Waals surface area contributed by atoms with Crippen molar-refractivity contribution < 1.29 is 19.6 Å². The quantitative estimate of drug-likeness (QED) is 0.655. The minimum Gasteiger partial charge on any atom is -0.493 e. The van der Waals surface area contributed by atoms with Gasteiger partial charge in [-0.2, -0.15) is 0 Å². The third-order valence-electron chi connectivity index (χ3n) is 5.51. The molecule has 3 atom stereocenters. The zero-order valence-electron chi connectivity index (χ0n) is 15.1. The molecule has 3 rings (SSSR count). The molecule has 5 heteroatoms. The topological polar surface area (TPSA) is 55.5 Å². The molecule has 2 heterocycles. The molecule has 0 aromatic heterocycles. The van der Waals surface area contributed by atoms with Gasteiger partial charge in [0.25, 0.3) is 0 Å². The van der Waals surface area contributed by atoms with Gasteiger partial charge in [-0.3, -0.25) is 0 Å². The summed E-state index contributed by atoms with van der Waals surface area (Å²) in [6.07, 6.45) is 2.97. The van der Waals surface area contributed by atoms with Gasteiger partial charge in [0, 0.05) is 18.4 Å². The van der Waals surface area contributed by atoms with Gasteiger partial charge < -0.3 is 19.6 Å². The molecule has 0 spiro atoms. The average molecular weight is 333 g/mol. The molecule has 0 amide bonds. The Balaban J connectivity index is 1.92. The van der Waals surface area contributed by atoms with E-state index in [1.165, 1.54) is 11.1 Å². The van der Waals surface area contributed by atoms with Gasteiger partial charge in [0.05, 0.1) is 38.9 Å². The first-order chi connectivity index (χ1) is 11.6. The van der Waals surface area contributed by atoms with Crippen LogP contribution in [0.5, 0.6) is 11.5 Å². The number of hydrogen-bond acceptors (Lipinski definition) is 4. The minimum absolute atomic E-state index is 0.350. The first-order valence-corrected chi connectivity index (χ1v) is 8.87. The highest BCUT2D eigenvalue weighted by molar-refractivity contribution is 5.87. The van der Waals surface area contributed by atoms with Crippen LogP contribution < -0.4 is 14.4 Å². The first kappa shape index (κ1) is 17.1. The summed E-state index contributed by atoms with van der Waals surface area (Å²) >= 11 is 0. The number of rotatable bonds is 4. The molecule has 2 aliphatic heterocycles. The molecule has 2 aliphatic rings. The van der Waals surface area contributed by atoms with Crippen LogP contribution >= 0.6 is 0 Å². The first-order valence-electron chi connectivity index (χ1n) is 8.87. The largest absolute Gasteiger partial charge is 0.493 e. The molecular formula is C19H29N2O3+. The fraction of sp³-hybridized carbons (Fsp3) is 0.632. The molecule has 0 radical (unpaired) electrons. The van der Waals surface area contributed by atoms with Crippen molar-refractivity contribution in [2.75, 3.05) is 27.3 Å². The van der Waals surface area contributed by atoms with Gasteiger partial charge in [-0.1, -0.05) is 19.0 Å². The Labute approximate surface area is 144 Å². The summed E-state index contributed by atoms with van der Waals surface area (Å²) in [6.45, 7) is 6.65. The molecule has 0 saturated carbocycles. The van der Waals surface area contributed by atoms with Gasteiger partial charge in [0.2, 0.25) is 0 Å². The van der Waals surface area contributed by atoms with Crippen molar-refractivity contribution in [3.8, 4) is 11.5 Å². The van der Waals surface area contributed by atoms with Crippen molar-refractivity contribution in [1.29, 1.82) is 0 Å². The molecule has 1 unspecified atom stereocenters. The molecule has 1 fully saturated rings. The molecule has 24 heavy (non-hydrogen) atoms. The smallest absolute Gasteiger partial charge is 0.161 e. The maximum Gasteiger partial charge on any atom is 0.161 e. The number of piperidine rings is 1. The predicted molar refractivity (Wildman–Crippen MR) is 93.5 cm³/mol. The number of oxime groups is 1. The summed E-state index contributed by atoms with van der Waals surface area (Å²) in [5.74, 6) is 2.58. The number of hydrogen-bond donors (Lipinski definition) is 2. The molecule has 1 aromatic carbocycles. The van der Waals surface area contributed by atoms with Crippen molar-refractivity contribution in [2.45, 2.75) is 39.2 Å². The number of nitrogens with one attached hydrogen (secondary N) is 1. The molecular weight excluding hydrogens is 304 g/mol. The third-order valence-corrected chi connectivity index (χ3v) is 5.51. The van der Waals surface area contributed by atoms with Gasteiger partial charge in [0.15, 0.2) is 11.5 Å². The molecule has 132 valence electrons. The fourth-order valence-corrected chi connectivity index (χ4v) is 4.39. The van der Waals surface area contributed by atoms with Gasteiger partial charge in [0.1, 0.15) is 6.04 Å². The van der Waals surface area contributed by atoms with E-state index in [4.69, 9.17) is 9.47 Å². The summed E-state index contributed by atoms with van der Waals surface area (Å²) in [4.78, 5) is 1.60. The maximum atomic E-state index is 9.53. The van der Waals surface area contributed by atoms with Crippen LogP contribution in [0.15, 0.2) is 17.3 Å². The van der Waals surface area contributed by atoms with E-state index in [0.29, 0.717) is 17.9 Å². The maximum absolute atomic E-state index is 9.53. The van der Waals surface area contributed by atoms with Gasteiger partial charge in [-0.25, -0.2) is 0 Å². The van der Waals surface area contributed by atoms with E-state index in [0.717, 1.165) is 49.6 Å². The summed E-state index contributed by atoms with van der Waals surface area (Å²) < 4.78 is 10.9. The lowest BCUT2D eigenvalue weighted by Crippen LogP contribution is -3.15. The monoisotopic (exact) mass is 333 g/mol. The Kier molecular flexibility index (Phi) is 4.99. The van der Waals surface area contributed by atoms with Crippen LogP contribution in [0, 0.1) is 11.8 Å². The lowest BCUT2D eigenvalue weighted by Gasteiger charge is -2.41. The van der Waals surface area contributed by atoms with Crippen LogP contribution in [0.2, 0.25) is 0 Å². The van der Waals surface area contributed by atoms with Gasteiger partial charge in [-0.15, -0.1) is 0 Å². The van der Waals surface area contributed by atoms with E-state index >= 15 is 0 Å². The van der Waals surface area contributed by atoms with Crippen LogP contribution in [0.25, 0.3) is 0 Å². The van der Waals surface area contributed by atoms with Crippen LogP contribution in [0.1, 0.15) is 43.9 Å². The van der Waals surface area contributed by atoms with Crippen LogP contribution in [-0.4, -0.2) is 38.2 Å². The van der Waals surface area contributed by atoms with Gasteiger partial charge in [-0.05, 0) is 30.0 Å². The normalized spacial score (nSPS) is 27.7. The summed E-state index contributed by atoms with van der Waals surface area (Å²) in [7, 11) is 3.36. The standard InChI is InChI=1S/C19H28N2O3/c1-12(2)7-14-11-21-6-5-13-8-18(23-3)19(24-4)9-15(13)17(21)10-16(14)20-22/h8-9,12,14,17,22H,5-7,10-11H2,1-4H3/p+1/b20-16-/t14-,17-/m1/s1. The molecule has 2 N–H and O–H groups in total. The van der Waals surface area contributed by atoms with E-state index < -0.39 is 0 Å². The Bertz CT molecular complexity index is 627. The molecule has 0 bridgehead atoms. The number of quaternary nitrogens is 1. The Morgan fingerprint density at radius 1 is 1.25 bits per heavy atom. The van der Waals surface area contributed by atoms with E-state index in [1.54, 1.807) is 19.1 Å². The second-order valence-electron chi connectivity index (χ2n) is 7.44. The second-order valence-corrected chi connectivity index (χ2v) is 7.44. The lowest BCUT2D eigenvalue weighted by atomic mass is 9.79. The fourth-order valence-electron chi connectivity index (χ4n) is 4.39. The van der Waals surface area contributed by atoms with E-state index in [9.17, 15) is 5.21 Å². The van der Waals surface area contributed by atoms with Crippen LogP contribution in [0.4, 0.5) is 0 Å². The lowest BCUT2D eigenvalue weighted by molar-refractivity contribution is -0.938. The molecule has 0 aliphatic carbocycles. The van der Waals surface area contributed by atoms with Gasteiger partial charge >= 0.3 is 0 Å². The summed E-state index contributed by atoms with van der Waals surface area (Å²) in [5, 5.41) is 13.2. The zero-order chi connectivity index (χ0) is 17.3. The highest BCUT2D eigenvalue weighted by Gasteiger charge is 2.41. The van der Waals surface area contributed by atoms with Crippen molar-refractivity contribution in [3.05, 3.63) is 23.3 Å². The summed E-state index contributed by atoms with van der Waals surface area (Å²) in [6, 6.07) is 4.58. The Morgan fingerprint density at radius 3 is 2.58 bits per heavy atom. The SMILES string of the molecule is COc1cc2c(cc1OC)[C@H]1C/C(=N/O)[C@H](CC(C)C)C[NH+]1CC2. The van der Waals surface area contributed by atoms with Crippen molar-refractivity contribution >= 4 is 5.71 Å². The number of methoxy groups -OCH3 is 2. The second kappa shape index (κ2) is 7.01. The molecule has 5 nitrogen and oxygen atoms in total. The zero-order valence-corrected chi connectivity index (χ0v) is 15.1. The van der Waals surface area contributed by atoms with Crippen molar-refractivity contribution in [2.24, 2.45) is 17.0 Å². The number of nitrogens with zero attached hydrogens (tertiary/aromatic N) is 1. The summed E-state index contributed by atoms with van der Waals surface area (Å²) in [5.41, 5.74) is 3.61. The molecule has 1 saturated heterocycles. The minimum atomic E-state index is 0.350. The number of fused-ring (bicyclic) bond motifs is 3. The Morgan fingerprint density at radius 2 is 1.96 bits per heavy atom. The van der Waals surface area contributed by atoms with E-state index in [2.05, 4.69) is 31.1 Å². The van der Waals surface area contributed by atoms with Crippen molar-refractivity contribution in [1.82, 2.24) is 0 Å². The highest BCUT2D eigenvalue weighted by Crippen LogP contribution is 2.36. The highest BCUT2D eigenvalue weighted by atomic mass is 16.5.